The molecule has 19 N–H and O–H groups in total. The van der Waals surface area contributed by atoms with E-state index in [0.717, 1.165) is 32.5 Å². The molecule has 32 heteroatoms. The lowest BCUT2D eigenvalue weighted by Gasteiger charge is -2.46. The van der Waals surface area contributed by atoms with Gasteiger partial charge in [-0.05, 0) is 124 Å². The van der Waals surface area contributed by atoms with Crippen LogP contribution in [0.4, 0.5) is 0 Å². The molecule has 1 aliphatic carbocycles. The number of aromatic hydroxyl groups is 2. The van der Waals surface area contributed by atoms with Crippen molar-refractivity contribution in [3.63, 3.8) is 0 Å². The summed E-state index contributed by atoms with van der Waals surface area (Å²) in [6.07, 6.45) is 3.89. The number of para-hydroxylation sites is 1. The number of nitrogens with one attached hydrogen (secondary N) is 10. The number of benzene rings is 3. The van der Waals surface area contributed by atoms with E-state index in [0.29, 0.717) is 61.6 Å². The Hall–Kier alpha value is -8.98. The third-order valence-electron chi connectivity index (χ3n) is 17.8. The molecule has 0 spiro atoms. The average Bonchev–Trinajstić information content (AvgIpc) is 1.49. The van der Waals surface area contributed by atoms with Gasteiger partial charge in [-0.25, -0.2) is 0 Å². The number of nitrogens with two attached hydrogens (primary N) is 3. The zero-order chi connectivity index (χ0) is 71.6. The molecular formula is C67H92N14O16S2. The molecule has 3 aliphatic rings. The van der Waals surface area contributed by atoms with E-state index in [-0.39, 0.29) is 113 Å². The first-order chi connectivity index (χ1) is 47.5. The number of hydrogen-bond donors (Lipinski definition) is 16. The standard InChI is InChI=1S/C67H92N14O16S2/c1-97-67(27-10-28-67)57-66(96)77-49(34-40-18-22-43(83)23-19-40)61(91)74-46(13-6-7-29-68)59(89)71-31-8-2-3-15-54(84)73-50(35-41-36-72-45-12-5-4-11-44(41)45)63(93)75-47(24-25-56(86)87)60(90)78-51(58(70)88)37-98-99-38-52(64(94)80-57)79-62(92)48(33-39-16-20-42(82)21-17-39)76-65(95)53-14-9-32-81(53)55(85)26-30-69/h4-5,11-12,16-23,36,46-53,57,72,82-83H,2-3,6-10,13-15,24-35,37-38,68-69H2,1H3,(H2,70,88)(H,71,89)(H,73,84)(H,74,91)(H,75,93)(H,76,95)(H,77,96)(H,78,90)(H,79,92)(H,80,94)(H,86,87)/t46-,47-,48-,49-,50-,51-,52-,53-,57-/m0/s1. The number of amides is 11. The van der Waals surface area contributed by atoms with Gasteiger partial charge in [-0.15, -0.1) is 0 Å². The number of hydrogen-bond acceptors (Lipinski definition) is 19. The van der Waals surface area contributed by atoms with Crippen molar-refractivity contribution in [2.75, 3.05) is 44.8 Å². The van der Waals surface area contributed by atoms with Crippen LogP contribution in [0.1, 0.15) is 113 Å². The highest BCUT2D eigenvalue weighted by Crippen LogP contribution is 2.39. The molecule has 3 aromatic carbocycles. The molecule has 3 fully saturated rings. The summed E-state index contributed by atoms with van der Waals surface area (Å²) in [5, 5.41) is 55.6. The van der Waals surface area contributed by atoms with Gasteiger partial charge >= 0.3 is 5.97 Å². The van der Waals surface area contributed by atoms with Crippen molar-refractivity contribution in [3.8, 4) is 11.5 Å². The number of unbranched alkanes of at least 4 members (excludes halogenated alkanes) is 1. The summed E-state index contributed by atoms with van der Waals surface area (Å²) >= 11 is 0. The van der Waals surface area contributed by atoms with Gasteiger partial charge in [0.2, 0.25) is 65.0 Å². The second kappa shape index (κ2) is 38.4. The number of fused-ring (bicyclic) bond motifs is 1. The summed E-state index contributed by atoms with van der Waals surface area (Å²) in [5.74, 6) is -10.8. The number of phenols is 2. The van der Waals surface area contributed by atoms with E-state index in [2.05, 4.69) is 52.8 Å². The molecule has 538 valence electrons. The minimum absolute atomic E-state index is 0.0272. The number of likely N-dealkylation sites (tertiary alicyclic amines) is 1. The van der Waals surface area contributed by atoms with Crippen LogP contribution < -0.4 is 65.1 Å². The second-order valence-corrected chi connectivity index (χ2v) is 27.5. The van der Waals surface area contributed by atoms with Crippen LogP contribution in [-0.4, -0.2) is 201 Å². The topological polar surface area (TPSA) is 480 Å². The number of ether oxygens (including phenoxy) is 1. The van der Waals surface area contributed by atoms with Crippen molar-refractivity contribution in [1.29, 1.82) is 0 Å². The van der Waals surface area contributed by atoms with Crippen LogP contribution >= 0.6 is 21.6 Å². The molecule has 3 heterocycles. The van der Waals surface area contributed by atoms with E-state index in [4.69, 9.17) is 21.9 Å². The Morgan fingerprint density at radius 3 is 1.97 bits per heavy atom. The van der Waals surface area contributed by atoms with Crippen molar-refractivity contribution < 1.29 is 77.6 Å². The maximum atomic E-state index is 15.3. The van der Waals surface area contributed by atoms with Gasteiger partial charge in [0.05, 0.1) is 5.60 Å². The van der Waals surface area contributed by atoms with Crippen LogP contribution in [0.2, 0.25) is 0 Å². The van der Waals surface area contributed by atoms with Gasteiger partial charge < -0.3 is 95.0 Å². The van der Waals surface area contributed by atoms with Gasteiger partial charge in [-0.1, -0.05) is 70.5 Å². The Kier molecular flexibility index (Phi) is 30.0. The SMILES string of the molecule is COC1([C@H]2NC(=O)[C@@H](NC(=O)[C@H](Cc3ccc(O)cc3)NC(=O)[C@@H]3CCCN3C(=O)CCN)CSSC[C@@H](C(N)=O)NC(=O)[C@H](CCC(=O)O)NC(=O)[C@H](Cc3c[nH]c4ccccc34)NC(=O)CCCCCNC(=O)[C@H](CCCCN)NC(=O)[C@H](Cc3ccc(O)cc3)NC2=O)CCC1. The fraction of sp³-hybridized carbons (Fsp3) is 0.522. The second-order valence-electron chi connectivity index (χ2n) is 24.9. The number of nitrogens with zero attached hydrogens (tertiary/aromatic N) is 1. The summed E-state index contributed by atoms with van der Waals surface area (Å²) in [6, 6.07) is 6.19. The van der Waals surface area contributed by atoms with Gasteiger partial charge in [-0.2, -0.15) is 0 Å². The number of aromatic amines is 1. The number of carbonyl (C=O) groups is 12. The van der Waals surface area contributed by atoms with Crippen molar-refractivity contribution in [2.24, 2.45) is 17.2 Å². The van der Waals surface area contributed by atoms with Gasteiger partial charge in [0, 0.05) is 93.9 Å². The number of carboxylic acids is 1. The lowest BCUT2D eigenvalue weighted by Crippen LogP contribution is -2.68. The fourth-order valence-electron chi connectivity index (χ4n) is 12.0. The monoisotopic (exact) mass is 1410 g/mol. The van der Waals surface area contributed by atoms with Gasteiger partial charge in [0.15, 0.2) is 0 Å². The summed E-state index contributed by atoms with van der Waals surface area (Å²) in [5.41, 5.74) is 18.3. The first-order valence-corrected chi connectivity index (χ1v) is 35.8. The summed E-state index contributed by atoms with van der Waals surface area (Å²) in [6.45, 7) is 0.685. The number of aliphatic carboxylic acids is 1. The summed E-state index contributed by atoms with van der Waals surface area (Å²) < 4.78 is 6.03. The first-order valence-electron chi connectivity index (χ1n) is 33.3. The van der Waals surface area contributed by atoms with Gasteiger partial charge in [-0.3, -0.25) is 57.5 Å². The molecule has 0 radical (unpaired) electrons. The molecule has 2 saturated heterocycles. The van der Waals surface area contributed by atoms with Crippen molar-refractivity contribution in [1.82, 2.24) is 57.7 Å². The third-order valence-corrected chi connectivity index (χ3v) is 20.2. The largest absolute Gasteiger partial charge is 0.508 e. The Labute approximate surface area is 580 Å². The Morgan fingerprint density at radius 2 is 1.32 bits per heavy atom. The van der Waals surface area contributed by atoms with E-state index >= 15 is 9.59 Å². The van der Waals surface area contributed by atoms with Crippen LogP contribution in [0.25, 0.3) is 10.9 Å². The van der Waals surface area contributed by atoms with Crippen molar-refractivity contribution in [2.45, 2.75) is 176 Å². The Morgan fingerprint density at radius 1 is 0.677 bits per heavy atom. The molecule has 0 unspecified atom stereocenters. The molecule has 2 aliphatic heterocycles. The Balaban J connectivity index is 1.24. The number of methoxy groups -OCH3 is 1. The number of aromatic nitrogens is 1. The maximum Gasteiger partial charge on any atom is 0.303 e. The number of H-pyrrole nitrogens is 1. The normalized spacial score (nSPS) is 23.3. The van der Waals surface area contributed by atoms with Gasteiger partial charge in [0.25, 0.3) is 0 Å². The molecule has 99 heavy (non-hydrogen) atoms. The summed E-state index contributed by atoms with van der Waals surface area (Å²) in [4.78, 5) is 174. The van der Waals surface area contributed by atoms with Crippen LogP contribution in [0, 0.1) is 0 Å². The molecule has 1 saturated carbocycles. The van der Waals surface area contributed by atoms with Crippen LogP contribution in [0.5, 0.6) is 11.5 Å². The number of primary amides is 1. The predicted molar refractivity (Wildman–Crippen MR) is 368 cm³/mol. The zero-order valence-corrected chi connectivity index (χ0v) is 56.9. The molecule has 0 bridgehead atoms. The van der Waals surface area contributed by atoms with Crippen LogP contribution in [0.15, 0.2) is 79.0 Å². The minimum atomic E-state index is -1.63. The fourth-order valence-corrected chi connectivity index (χ4v) is 14.4. The quantitative estimate of drug-likeness (QED) is 0.0362. The van der Waals surface area contributed by atoms with E-state index in [1.165, 1.54) is 60.5 Å². The smallest absolute Gasteiger partial charge is 0.303 e. The highest BCUT2D eigenvalue weighted by molar-refractivity contribution is 8.76. The van der Waals surface area contributed by atoms with Crippen LogP contribution in [-0.2, 0) is 81.5 Å². The zero-order valence-electron chi connectivity index (χ0n) is 55.3. The number of carboxylic acid groups (broad SMARTS) is 1. The molecule has 7 rings (SSSR count). The Bertz CT molecular complexity index is 3460. The highest BCUT2D eigenvalue weighted by Gasteiger charge is 2.50. The first kappa shape index (κ1) is 77.4. The number of carbonyl (C=O) groups excluding carboxylic acids is 11. The third kappa shape index (κ3) is 23.0. The number of phenolic OH excluding ortho intramolecular Hbond substituents is 2. The number of rotatable bonds is 22. The van der Waals surface area contributed by atoms with Gasteiger partial charge in [0.1, 0.15) is 65.9 Å². The van der Waals surface area contributed by atoms with E-state index in [1.54, 1.807) is 12.3 Å². The molecule has 9 atom stereocenters. The summed E-state index contributed by atoms with van der Waals surface area (Å²) in [7, 11) is 3.15. The van der Waals surface area contributed by atoms with E-state index < -0.39 is 138 Å². The molecule has 1 aromatic heterocycles. The molecule has 4 aromatic rings. The van der Waals surface area contributed by atoms with Crippen molar-refractivity contribution >= 4 is 103 Å². The van der Waals surface area contributed by atoms with Crippen molar-refractivity contribution in [3.05, 3.63) is 95.7 Å². The lowest BCUT2D eigenvalue weighted by atomic mass is 9.73. The van der Waals surface area contributed by atoms with E-state index in [1.807, 2.05) is 18.2 Å². The minimum Gasteiger partial charge on any atom is -0.508 e. The molecule has 11 amide bonds. The highest BCUT2D eigenvalue weighted by atomic mass is 33.1. The molecular weight excluding hydrogens is 1320 g/mol. The maximum absolute atomic E-state index is 15.3. The van der Waals surface area contributed by atoms with E-state index in [9.17, 15) is 63.3 Å². The predicted octanol–water partition coefficient (Wildman–Crippen LogP) is -0.0550. The lowest BCUT2D eigenvalue weighted by molar-refractivity contribution is -0.150. The average molecular weight is 1410 g/mol. The molecule has 30 nitrogen and oxygen atoms in total. The van der Waals surface area contributed by atoms with Crippen LogP contribution in [0.3, 0.4) is 0 Å².